The number of anilines is 1. The molecule has 0 radical (unpaired) electrons. The molecule has 0 saturated heterocycles. The molecule has 32 heavy (non-hydrogen) atoms. The number of hydrogen-bond donors (Lipinski definition) is 0. The van der Waals surface area contributed by atoms with Gasteiger partial charge in [0.1, 0.15) is 5.75 Å². The van der Waals surface area contributed by atoms with E-state index in [-0.39, 0.29) is 10.9 Å². The normalized spacial score (nSPS) is 11.6. The van der Waals surface area contributed by atoms with Crippen LogP contribution in [-0.4, -0.2) is 36.2 Å². The second-order valence-corrected chi connectivity index (χ2v) is 9.46. The maximum atomic E-state index is 12.8. The number of nitrogens with zero attached hydrogens (tertiary/aromatic N) is 4. The second kappa shape index (κ2) is 8.43. The first kappa shape index (κ1) is 21.5. The minimum Gasteiger partial charge on any atom is -0.423 e. The van der Waals surface area contributed by atoms with E-state index < -0.39 is 16.0 Å². The van der Waals surface area contributed by atoms with Gasteiger partial charge in [-0.1, -0.05) is 18.2 Å². The molecule has 0 atom stereocenters. The fourth-order valence-electron chi connectivity index (χ4n) is 3.21. The van der Waals surface area contributed by atoms with E-state index in [1.165, 1.54) is 29.7 Å². The number of benzene rings is 2. The van der Waals surface area contributed by atoms with Crippen molar-refractivity contribution in [1.29, 1.82) is 0 Å². The summed E-state index contributed by atoms with van der Waals surface area (Å²) < 4.78 is 33.9. The molecular formula is C23H22N4O4S. The van der Waals surface area contributed by atoms with Crippen molar-refractivity contribution >= 4 is 32.7 Å². The van der Waals surface area contributed by atoms with Crippen molar-refractivity contribution in [2.75, 3.05) is 11.4 Å². The van der Waals surface area contributed by atoms with E-state index in [1.54, 1.807) is 59.4 Å². The average Bonchev–Trinajstić information content (AvgIpc) is 3.23. The summed E-state index contributed by atoms with van der Waals surface area (Å²) in [4.78, 5) is 17.1. The fraction of sp³-hybridized carbons (Fsp3) is 0.174. The average molecular weight is 451 g/mol. The van der Waals surface area contributed by atoms with Crippen LogP contribution in [0.2, 0.25) is 0 Å². The molecule has 0 spiro atoms. The number of carbonyl (C=O) groups is 1. The van der Waals surface area contributed by atoms with Gasteiger partial charge < -0.3 is 4.74 Å². The van der Waals surface area contributed by atoms with Gasteiger partial charge >= 0.3 is 5.97 Å². The van der Waals surface area contributed by atoms with E-state index in [1.807, 2.05) is 13.8 Å². The monoisotopic (exact) mass is 450 g/mol. The summed E-state index contributed by atoms with van der Waals surface area (Å²) in [6, 6.07) is 16.3. The summed E-state index contributed by atoms with van der Waals surface area (Å²) in [6.45, 7) is 4.00. The third-order valence-electron chi connectivity index (χ3n) is 4.97. The second-order valence-electron chi connectivity index (χ2n) is 7.49. The van der Waals surface area contributed by atoms with Crippen LogP contribution in [0.4, 0.5) is 5.69 Å². The summed E-state index contributed by atoms with van der Waals surface area (Å²) in [5.41, 5.74) is 1.44. The van der Waals surface area contributed by atoms with Crippen LogP contribution in [-0.2, 0) is 10.0 Å². The Morgan fingerprint density at radius 1 is 1.03 bits per heavy atom. The summed E-state index contributed by atoms with van der Waals surface area (Å²) in [7, 11) is -2.21. The lowest BCUT2D eigenvalue weighted by atomic mass is 10.2. The number of fused-ring (bicyclic) bond motifs is 1. The lowest BCUT2D eigenvalue weighted by Crippen LogP contribution is -2.26. The molecule has 4 rings (SSSR count). The number of aromatic nitrogens is 3. The molecule has 2 aromatic heterocycles. The Morgan fingerprint density at radius 3 is 2.38 bits per heavy atom. The molecule has 0 fully saturated rings. The van der Waals surface area contributed by atoms with Crippen molar-refractivity contribution < 1.29 is 17.9 Å². The number of carbonyl (C=O) groups excluding carboxylic acids is 1. The summed E-state index contributed by atoms with van der Waals surface area (Å²) in [5, 5.41) is 5.04. The quantitative estimate of drug-likeness (QED) is 0.325. The molecule has 0 aliphatic carbocycles. The van der Waals surface area contributed by atoms with Crippen LogP contribution in [0.15, 0.2) is 78.0 Å². The molecule has 0 amide bonds. The van der Waals surface area contributed by atoms with E-state index >= 15 is 0 Å². The highest BCUT2D eigenvalue weighted by molar-refractivity contribution is 7.92. The van der Waals surface area contributed by atoms with Crippen LogP contribution in [0.3, 0.4) is 0 Å². The first-order valence-corrected chi connectivity index (χ1v) is 11.4. The van der Waals surface area contributed by atoms with Crippen molar-refractivity contribution in [2.24, 2.45) is 0 Å². The molecule has 0 N–H and O–H groups in total. The molecular weight excluding hydrogens is 428 g/mol. The topological polar surface area (TPSA) is 94.4 Å². The van der Waals surface area contributed by atoms with Crippen molar-refractivity contribution in [1.82, 2.24) is 14.8 Å². The van der Waals surface area contributed by atoms with Gasteiger partial charge in [0.25, 0.3) is 10.0 Å². The van der Waals surface area contributed by atoms with E-state index in [2.05, 4.69) is 10.1 Å². The largest absolute Gasteiger partial charge is 0.423 e. The van der Waals surface area contributed by atoms with Gasteiger partial charge in [-0.15, -0.1) is 0 Å². The summed E-state index contributed by atoms with van der Waals surface area (Å²) >= 11 is 0. The Bertz CT molecular complexity index is 1360. The Morgan fingerprint density at radius 2 is 1.72 bits per heavy atom. The van der Waals surface area contributed by atoms with Crippen LogP contribution in [0.1, 0.15) is 30.2 Å². The van der Waals surface area contributed by atoms with Gasteiger partial charge in [-0.2, -0.15) is 5.10 Å². The lowest BCUT2D eigenvalue weighted by Gasteiger charge is -2.19. The van der Waals surface area contributed by atoms with Gasteiger partial charge in [-0.25, -0.2) is 22.9 Å². The first-order valence-electron chi connectivity index (χ1n) is 9.97. The molecule has 4 aromatic rings. The van der Waals surface area contributed by atoms with Gasteiger partial charge in [0.05, 0.1) is 22.3 Å². The highest BCUT2D eigenvalue weighted by Gasteiger charge is 2.21. The lowest BCUT2D eigenvalue weighted by molar-refractivity contribution is 0.0734. The Labute approximate surface area is 186 Å². The number of esters is 1. The molecule has 0 unspecified atom stereocenters. The predicted molar refractivity (Wildman–Crippen MR) is 121 cm³/mol. The zero-order valence-electron chi connectivity index (χ0n) is 17.8. The third-order valence-corrected chi connectivity index (χ3v) is 6.77. The minimum atomic E-state index is -3.69. The summed E-state index contributed by atoms with van der Waals surface area (Å²) in [5.74, 6) is -0.267. The molecule has 9 heteroatoms. The van der Waals surface area contributed by atoms with Gasteiger partial charge in [-0.3, -0.25) is 4.31 Å². The van der Waals surface area contributed by atoms with Gasteiger partial charge in [0.2, 0.25) is 0 Å². The molecule has 2 aromatic carbocycles. The van der Waals surface area contributed by atoms with E-state index in [0.29, 0.717) is 22.6 Å². The third kappa shape index (κ3) is 4.06. The summed E-state index contributed by atoms with van der Waals surface area (Å²) in [6.07, 6.45) is 3.12. The van der Waals surface area contributed by atoms with E-state index in [0.717, 1.165) is 5.39 Å². The predicted octanol–water partition coefficient (Wildman–Crippen LogP) is 4.06. The van der Waals surface area contributed by atoms with E-state index in [9.17, 15) is 13.2 Å². The van der Waals surface area contributed by atoms with Crippen LogP contribution >= 0.6 is 0 Å². The maximum Gasteiger partial charge on any atom is 0.345 e. The number of hydrogen-bond acceptors (Lipinski definition) is 6. The smallest absolute Gasteiger partial charge is 0.345 e. The number of sulfonamides is 1. The van der Waals surface area contributed by atoms with E-state index in [4.69, 9.17) is 4.74 Å². The Kier molecular flexibility index (Phi) is 5.67. The Balaban J connectivity index is 1.50. The van der Waals surface area contributed by atoms with Crippen LogP contribution in [0.25, 0.3) is 11.0 Å². The molecule has 0 aliphatic rings. The van der Waals surface area contributed by atoms with Gasteiger partial charge in [0, 0.05) is 24.7 Å². The SMILES string of the molecule is CC(C)n1ncc2cc(C(=O)Oc3ccc(N(C)S(=O)(=O)c4ccccc4)cc3)cnc21. The number of pyridine rings is 1. The van der Waals surface area contributed by atoms with Crippen molar-refractivity contribution in [3.8, 4) is 5.75 Å². The number of rotatable bonds is 6. The van der Waals surface area contributed by atoms with Crippen molar-refractivity contribution in [2.45, 2.75) is 24.8 Å². The molecule has 2 heterocycles. The van der Waals surface area contributed by atoms with Crippen molar-refractivity contribution in [3.63, 3.8) is 0 Å². The molecule has 8 nitrogen and oxygen atoms in total. The molecule has 0 saturated carbocycles. The minimum absolute atomic E-state index is 0.153. The molecule has 0 bridgehead atoms. The van der Waals surface area contributed by atoms with Gasteiger partial charge in [0.15, 0.2) is 5.65 Å². The van der Waals surface area contributed by atoms with Crippen LogP contribution < -0.4 is 9.04 Å². The van der Waals surface area contributed by atoms with Crippen LogP contribution in [0.5, 0.6) is 5.75 Å². The van der Waals surface area contributed by atoms with Gasteiger partial charge in [-0.05, 0) is 56.3 Å². The Hall–Kier alpha value is -3.72. The van der Waals surface area contributed by atoms with Crippen molar-refractivity contribution in [3.05, 3.63) is 78.6 Å². The maximum absolute atomic E-state index is 12.8. The zero-order valence-corrected chi connectivity index (χ0v) is 18.7. The fourth-order valence-corrected chi connectivity index (χ4v) is 4.43. The standard InChI is InChI=1S/C23H22N4O4S/c1-16(2)27-22-17(15-25-27)13-18(14-24-22)23(28)31-20-11-9-19(10-12-20)26(3)32(29,30)21-7-5-4-6-8-21/h4-16H,1-3H3. The molecule has 0 aliphatic heterocycles. The molecule has 164 valence electrons. The number of ether oxygens (including phenoxy) is 1. The first-order chi connectivity index (χ1) is 15.3. The highest BCUT2D eigenvalue weighted by Crippen LogP contribution is 2.25. The zero-order chi connectivity index (χ0) is 22.9. The highest BCUT2D eigenvalue weighted by atomic mass is 32.2. The van der Waals surface area contributed by atoms with Crippen LogP contribution in [0, 0.1) is 0 Å².